The summed E-state index contributed by atoms with van der Waals surface area (Å²) in [6.45, 7) is 3.76. The number of nitrogens with zero attached hydrogens (tertiary/aromatic N) is 4. The van der Waals surface area contributed by atoms with Crippen LogP contribution < -0.4 is 14.5 Å². The standard InChI is InChI=1S/C29H28ClF3N4O3/c1-18(27(38)39)26-22-8-3-4-9-23(22)34-28(36-14-12-35(13-15-36)21-7-5-6-20(30)17-21)37(26)24-16-19(29(31,32)33)10-11-25(24)40-2/h3-11,16-18,26H,12-15H2,1-2H3,(H,38,39). The number of carbonyl (C=O) groups is 1. The average Bonchev–Trinajstić information content (AvgIpc) is 2.95. The molecule has 0 radical (unpaired) electrons. The van der Waals surface area contributed by atoms with Crippen LogP contribution in [0.3, 0.4) is 0 Å². The fraction of sp³-hybridized carbons (Fsp3) is 0.310. The van der Waals surface area contributed by atoms with Crippen LogP contribution in [-0.2, 0) is 11.0 Å². The molecule has 2 atom stereocenters. The van der Waals surface area contributed by atoms with Crippen LogP contribution >= 0.6 is 11.6 Å². The van der Waals surface area contributed by atoms with Crippen LogP contribution in [-0.4, -0.2) is 55.2 Å². The fourth-order valence-corrected chi connectivity index (χ4v) is 5.45. The molecule has 0 aromatic heterocycles. The average molecular weight is 573 g/mol. The molecule has 2 unspecified atom stereocenters. The van der Waals surface area contributed by atoms with Gasteiger partial charge in [0.1, 0.15) is 5.75 Å². The van der Waals surface area contributed by atoms with Crippen molar-refractivity contribution in [3.8, 4) is 5.75 Å². The fourth-order valence-electron chi connectivity index (χ4n) is 5.27. The minimum Gasteiger partial charge on any atom is -0.495 e. The number of carboxylic acid groups (broad SMARTS) is 1. The molecular weight excluding hydrogens is 545 g/mol. The van der Waals surface area contributed by atoms with Gasteiger partial charge in [-0.2, -0.15) is 13.2 Å². The van der Waals surface area contributed by atoms with E-state index in [1.165, 1.54) is 13.2 Å². The van der Waals surface area contributed by atoms with E-state index in [1.54, 1.807) is 42.2 Å². The number of aliphatic imine (C=N–C) groups is 1. The summed E-state index contributed by atoms with van der Waals surface area (Å²) in [5.74, 6) is -1.51. The number of methoxy groups -OCH3 is 1. The van der Waals surface area contributed by atoms with E-state index >= 15 is 0 Å². The summed E-state index contributed by atoms with van der Waals surface area (Å²) in [6.07, 6.45) is -4.61. The SMILES string of the molecule is COc1ccc(C(F)(F)F)cc1N1C(N2CCN(c3cccc(Cl)c3)CC2)=Nc2ccccc2C1C(C)C(=O)O. The van der Waals surface area contributed by atoms with Crippen molar-refractivity contribution < 1.29 is 27.8 Å². The summed E-state index contributed by atoms with van der Waals surface area (Å²) in [6, 6.07) is 17.1. The molecule has 7 nitrogen and oxygen atoms in total. The number of ether oxygens (including phenoxy) is 1. The molecule has 2 heterocycles. The molecular formula is C29H28ClF3N4O3. The molecule has 0 amide bonds. The number of halogens is 4. The van der Waals surface area contributed by atoms with Gasteiger partial charge in [-0.15, -0.1) is 0 Å². The number of alkyl halides is 3. The molecule has 1 fully saturated rings. The Bertz CT molecular complexity index is 1440. The van der Waals surface area contributed by atoms with Gasteiger partial charge < -0.3 is 24.5 Å². The van der Waals surface area contributed by atoms with E-state index in [0.717, 1.165) is 17.8 Å². The van der Waals surface area contributed by atoms with Gasteiger partial charge in [-0.3, -0.25) is 4.79 Å². The lowest BCUT2D eigenvalue weighted by Crippen LogP contribution is -2.56. The highest BCUT2D eigenvalue weighted by Crippen LogP contribution is 2.46. The van der Waals surface area contributed by atoms with Crippen molar-refractivity contribution in [3.63, 3.8) is 0 Å². The summed E-state index contributed by atoms with van der Waals surface area (Å²) < 4.78 is 47.1. The van der Waals surface area contributed by atoms with Gasteiger partial charge >= 0.3 is 12.1 Å². The first-order chi connectivity index (χ1) is 19.1. The third-order valence-corrected chi connectivity index (χ3v) is 7.57. The number of aliphatic carboxylic acids is 1. The normalized spacial score (nSPS) is 18.2. The quantitative estimate of drug-likeness (QED) is 0.378. The number of hydrogen-bond acceptors (Lipinski definition) is 6. The van der Waals surface area contributed by atoms with Crippen LogP contribution in [0, 0.1) is 5.92 Å². The highest BCUT2D eigenvalue weighted by Gasteiger charge is 2.42. The van der Waals surface area contributed by atoms with Gasteiger partial charge in [0.05, 0.1) is 36.0 Å². The van der Waals surface area contributed by atoms with E-state index in [4.69, 9.17) is 21.3 Å². The van der Waals surface area contributed by atoms with Crippen LogP contribution in [0.5, 0.6) is 5.75 Å². The summed E-state index contributed by atoms with van der Waals surface area (Å²) >= 11 is 6.19. The Hall–Kier alpha value is -3.92. The highest BCUT2D eigenvalue weighted by atomic mass is 35.5. The van der Waals surface area contributed by atoms with Crippen LogP contribution in [0.25, 0.3) is 0 Å². The van der Waals surface area contributed by atoms with E-state index in [2.05, 4.69) is 4.90 Å². The second-order valence-corrected chi connectivity index (χ2v) is 10.2. The molecule has 0 bridgehead atoms. The number of carboxylic acids is 1. The predicted molar refractivity (Wildman–Crippen MR) is 149 cm³/mol. The summed E-state index contributed by atoms with van der Waals surface area (Å²) in [5.41, 5.74) is 1.39. The van der Waals surface area contributed by atoms with E-state index in [9.17, 15) is 23.1 Å². The Morgan fingerprint density at radius 1 is 1.02 bits per heavy atom. The zero-order chi connectivity index (χ0) is 28.6. The maximum Gasteiger partial charge on any atom is 0.416 e. The van der Waals surface area contributed by atoms with Gasteiger partial charge in [0.15, 0.2) is 0 Å². The van der Waals surface area contributed by atoms with Gasteiger partial charge in [0.25, 0.3) is 0 Å². The number of fused-ring (bicyclic) bond motifs is 1. The zero-order valence-corrected chi connectivity index (χ0v) is 22.7. The maximum absolute atomic E-state index is 13.9. The molecule has 40 heavy (non-hydrogen) atoms. The molecule has 1 N–H and O–H groups in total. The molecule has 0 spiro atoms. The lowest BCUT2D eigenvalue weighted by molar-refractivity contribution is -0.142. The van der Waals surface area contributed by atoms with Crippen molar-refractivity contribution in [3.05, 3.63) is 82.9 Å². The number of anilines is 2. The van der Waals surface area contributed by atoms with Crippen LogP contribution in [0.1, 0.15) is 24.1 Å². The predicted octanol–water partition coefficient (Wildman–Crippen LogP) is 6.46. The third kappa shape index (κ3) is 5.28. The maximum atomic E-state index is 13.9. The van der Waals surface area contributed by atoms with Gasteiger partial charge in [-0.05, 0) is 49.4 Å². The van der Waals surface area contributed by atoms with E-state index in [1.807, 2.05) is 23.1 Å². The molecule has 3 aromatic carbocycles. The molecule has 1 saturated heterocycles. The first-order valence-corrected chi connectivity index (χ1v) is 13.2. The van der Waals surface area contributed by atoms with Gasteiger partial charge in [0.2, 0.25) is 5.96 Å². The molecule has 11 heteroatoms. The minimum atomic E-state index is -4.61. The first kappa shape index (κ1) is 27.6. The van der Waals surface area contributed by atoms with Crippen LogP contribution in [0.4, 0.5) is 30.2 Å². The summed E-state index contributed by atoms with van der Waals surface area (Å²) in [4.78, 5) is 23.0. The van der Waals surface area contributed by atoms with Gasteiger partial charge in [-0.25, -0.2) is 4.99 Å². The third-order valence-electron chi connectivity index (χ3n) is 7.33. The van der Waals surface area contributed by atoms with Crippen molar-refractivity contribution in [1.82, 2.24) is 4.90 Å². The monoisotopic (exact) mass is 572 g/mol. The van der Waals surface area contributed by atoms with Crippen molar-refractivity contribution in [1.29, 1.82) is 0 Å². The Morgan fingerprint density at radius 3 is 2.38 bits per heavy atom. The lowest BCUT2D eigenvalue weighted by atomic mass is 9.90. The largest absolute Gasteiger partial charge is 0.495 e. The second-order valence-electron chi connectivity index (χ2n) is 9.75. The smallest absolute Gasteiger partial charge is 0.416 e. The van der Waals surface area contributed by atoms with Crippen LogP contribution in [0.15, 0.2) is 71.7 Å². The number of hydrogen-bond donors (Lipinski definition) is 1. The van der Waals surface area contributed by atoms with Gasteiger partial charge in [-0.1, -0.05) is 35.9 Å². The van der Waals surface area contributed by atoms with Gasteiger partial charge in [0, 0.05) is 42.5 Å². The molecule has 2 aliphatic rings. The highest BCUT2D eigenvalue weighted by molar-refractivity contribution is 6.30. The number of benzene rings is 3. The van der Waals surface area contributed by atoms with E-state index < -0.39 is 29.7 Å². The zero-order valence-electron chi connectivity index (χ0n) is 21.9. The Kier molecular flexibility index (Phi) is 7.55. The molecule has 5 rings (SSSR count). The van der Waals surface area contributed by atoms with Crippen LogP contribution in [0.2, 0.25) is 5.02 Å². The lowest BCUT2D eigenvalue weighted by Gasteiger charge is -2.46. The number of piperazine rings is 1. The molecule has 210 valence electrons. The number of guanidine groups is 1. The van der Waals surface area contributed by atoms with E-state index in [-0.39, 0.29) is 11.4 Å². The Labute approximate surface area is 235 Å². The molecule has 0 saturated carbocycles. The first-order valence-electron chi connectivity index (χ1n) is 12.8. The molecule has 0 aliphatic carbocycles. The number of para-hydroxylation sites is 1. The van der Waals surface area contributed by atoms with Crippen molar-refractivity contribution in [2.45, 2.75) is 19.1 Å². The summed E-state index contributed by atoms with van der Waals surface area (Å²) in [5, 5.41) is 10.7. The number of rotatable bonds is 5. The van der Waals surface area contributed by atoms with Crippen molar-refractivity contribution in [2.75, 3.05) is 43.1 Å². The van der Waals surface area contributed by atoms with E-state index in [0.29, 0.717) is 48.4 Å². The van der Waals surface area contributed by atoms with Crippen molar-refractivity contribution >= 4 is 40.6 Å². The molecule has 2 aliphatic heterocycles. The Balaban J connectivity index is 1.62. The second kappa shape index (κ2) is 10.9. The van der Waals surface area contributed by atoms with Crippen molar-refractivity contribution in [2.24, 2.45) is 10.9 Å². The Morgan fingerprint density at radius 2 is 1.73 bits per heavy atom. The molecule has 3 aromatic rings. The minimum absolute atomic E-state index is 0.0981. The topological polar surface area (TPSA) is 68.6 Å². The summed E-state index contributed by atoms with van der Waals surface area (Å²) in [7, 11) is 1.38.